The summed E-state index contributed by atoms with van der Waals surface area (Å²) in [6, 6.07) is 10.8. The Labute approximate surface area is 139 Å². The molecule has 2 aromatic carbocycles. The third-order valence-electron chi connectivity index (χ3n) is 2.68. The van der Waals surface area contributed by atoms with Gasteiger partial charge in [0.25, 0.3) is 11.6 Å². The average molecular weight is 383 g/mol. The lowest BCUT2D eigenvalue weighted by Crippen LogP contribution is -2.18. The molecule has 112 valence electrons. The van der Waals surface area contributed by atoms with Crippen LogP contribution in [0.5, 0.6) is 0 Å². The van der Waals surface area contributed by atoms with Gasteiger partial charge >= 0.3 is 0 Å². The van der Waals surface area contributed by atoms with Gasteiger partial charge in [0.2, 0.25) is 0 Å². The highest BCUT2D eigenvalue weighted by molar-refractivity contribution is 9.10. The molecule has 0 radical (unpaired) electrons. The first kappa shape index (κ1) is 16.1. The maximum absolute atomic E-state index is 11.9. The van der Waals surface area contributed by atoms with E-state index in [0.717, 1.165) is 0 Å². The minimum Gasteiger partial charge on any atom is -0.267 e. The third kappa shape index (κ3) is 3.90. The summed E-state index contributed by atoms with van der Waals surface area (Å²) in [7, 11) is 0. The smallest absolute Gasteiger partial charge is 0.267 e. The van der Waals surface area contributed by atoms with E-state index in [1.54, 1.807) is 24.3 Å². The second kappa shape index (κ2) is 7.15. The molecule has 6 nitrogen and oxygen atoms in total. The molecular formula is C14H9BrClN3O3. The number of hydrogen-bond acceptors (Lipinski definition) is 4. The Hall–Kier alpha value is -2.25. The molecule has 0 saturated carbocycles. The number of non-ortho nitro benzene ring substituents is 1. The number of nitro benzene ring substituents is 1. The van der Waals surface area contributed by atoms with Crippen molar-refractivity contribution in [1.82, 2.24) is 5.43 Å². The average Bonchev–Trinajstić information content (AvgIpc) is 2.49. The van der Waals surface area contributed by atoms with Crippen molar-refractivity contribution in [2.45, 2.75) is 0 Å². The van der Waals surface area contributed by atoms with Gasteiger partial charge in [0, 0.05) is 27.2 Å². The Kier molecular flexibility index (Phi) is 5.24. The van der Waals surface area contributed by atoms with E-state index in [1.165, 1.54) is 24.4 Å². The van der Waals surface area contributed by atoms with Crippen LogP contribution in [0.25, 0.3) is 0 Å². The van der Waals surface area contributed by atoms with E-state index >= 15 is 0 Å². The summed E-state index contributed by atoms with van der Waals surface area (Å²) in [5, 5.41) is 14.8. The minimum absolute atomic E-state index is 0.108. The quantitative estimate of drug-likeness (QED) is 0.496. The van der Waals surface area contributed by atoms with Gasteiger partial charge in [-0.3, -0.25) is 14.9 Å². The number of hydrazone groups is 1. The van der Waals surface area contributed by atoms with Gasteiger partial charge in [-0.25, -0.2) is 5.43 Å². The van der Waals surface area contributed by atoms with Crippen molar-refractivity contribution >= 4 is 45.3 Å². The highest BCUT2D eigenvalue weighted by Gasteiger charge is 2.09. The first-order chi connectivity index (χ1) is 10.5. The van der Waals surface area contributed by atoms with Gasteiger partial charge in [0.1, 0.15) is 0 Å². The summed E-state index contributed by atoms with van der Waals surface area (Å²) < 4.78 is 0.635. The number of nitrogens with one attached hydrogen (secondary N) is 1. The predicted octanol–water partition coefficient (Wildman–Crippen LogP) is 3.77. The molecule has 2 rings (SSSR count). The number of amides is 1. The molecule has 2 aromatic rings. The van der Waals surface area contributed by atoms with Gasteiger partial charge in [0.05, 0.1) is 16.7 Å². The Bertz CT molecular complexity index is 765. The molecule has 0 atom stereocenters. The third-order valence-corrected chi connectivity index (χ3v) is 3.71. The minimum atomic E-state index is -0.534. The van der Waals surface area contributed by atoms with Gasteiger partial charge in [0.15, 0.2) is 0 Å². The maximum atomic E-state index is 11.9. The predicted molar refractivity (Wildman–Crippen MR) is 87.3 cm³/mol. The van der Waals surface area contributed by atoms with Crippen LogP contribution in [0.2, 0.25) is 5.02 Å². The van der Waals surface area contributed by atoms with E-state index in [2.05, 4.69) is 26.5 Å². The van der Waals surface area contributed by atoms with Crippen LogP contribution >= 0.6 is 27.5 Å². The van der Waals surface area contributed by atoms with E-state index < -0.39 is 10.8 Å². The van der Waals surface area contributed by atoms with Crippen LogP contribution < -0.4 is 5.43 Å². The fraction of sp³-hybridized carbons (Fsp3) is 0. The lowest BCUT2D eigenvalue weighted by atomic mass is 10.2. The van der Waals surface area contributed by atoms with Crippen molar-refractivity contribution in [3.63, 3.8) is 0 Å². The Morgan fingerprint density at radius 2 is 2.05 bits per heavy atom. The second-order valence-corrected chi connectivity index (χ2v) is 5.40. The zero-order valence-electron chi connectivity index (χ0n) is 11.0. The summed E-state index contributed by atoms with van der Waals surface area (Å²) in [6.07, 6.45) is 1.25. The van der Waals surface area contributed by atoms with Crippen LogP contribution in [0.15, 0.2) is 52.0 Å². The number of carbonyl (C=O) groups excluding carboxylic acids is 1. The van der Waals surface area contributed by atoms with Crippen LogP contribution in [-0.2, 0) is 0 Å². The van der Waals surface area contributed by atoms with Crippen molar-refractivity contribution in [3.05, 3.63) is 73.2 Å². The van der Waals surface area contributed by atoms with Gasteiger partial charge in [-0.15, -0.1) is 0 Å². The highest BCUT2D eigenvalue weighted by atomic mass is 79.9. The standard InChI is InChI=1S/C14H9BrClN3O3/c15-12-4-2-1-3-11(12)14(20)18-17-8-9-7-10(19(21)22)5-6-13(9)16/h1-8H,(H,18,20)/b17-8+. The summed E-state index contributed by atoms with van der Waals surface area (Å²) in [4.78, 5) is 22.1. The lowest BCUT2D eigenvalue weighted by Gasteiger charge is -2.02. The lowest BCUT2D eigenvalue weighted by molar-refractivity contribution is -0.384. The normalized spacial score (nSPS) is 10.6. The summed E-state index contributed by atoms with van der Waals surface area (Å²) in [5.74, 6) is -0.412. The Morgan fingerprint density at radius 3 is 2.73 bits per heavy atom. The molecule has 0 heterocycles. The second-order valence-electron chi connectivity index (χ2n) is 4.14. The first-order valence-corrected chi connectivity index (χ1v) is 7.18. The van der Waals surface area contributed by atoms with Crippen LogP contribution in [0.1, 0.15) is 15.9 Å². The molecule has 1 N–H and O–H groups in total. The molecule has 0 aliphatic carbocycles. The number of nitro groups is 1. The van der Waals surface area contributed by atoms with E-state index in [4.69, 9.17) is 11.6 Å². The van der Waals surface area contributed by atoms with E-state index in [-0.39, 0.29) is 5.69 Å². The zero-order valence-corrected chi connectivity index (χ0v) is 13.3. The fourth-order valence-electron chi connectivity index (χ4n) is 1.61. The summed E-state index contributed by atoms with van der Waals surface area (Å²) in [5.41, 5.74) is 2.99. The van der Waals surface area contributed by atoms with Gasteiger partial charge < -0.3 is 0 Å². The molecule has 0 bridgehead atoms. The summed E-state index contributed by atoms with van der Waals surface area (Å²) in [6.45, 7) is 0. The number of rotatable bonds is 4. The summed E-state index contributed by atoms with van der Waals surface area (Å²) >= 11 is 9.19. The Morgan fingerprint density at radius 1 is 1.32 bits per heavy atom. The van der Waals surface area contributed by atoms with Crippen molar-refractivity contribution in [2.24, 2.45) is 5.10 Å². The van der Waals surface area contributed by atoms with Crippen molar-refractivity contribution < 1.29 is 9.72 Å². The van der Waals surface area contributed by atoms with Crippen LogP contribution in [0, 0.1) is 10.1 Å². The largest absolute Gasteiger partial charge is 0.272 e. The van der Waals surface area contributed by atoms with E-state index in [1.807, 2.05) is 0 Å². The van der Waals surface area contributed by atoms with Gasteiger partial charge in [-0.1, -0.05) is 23.7 Å². The molecule has 0 saturated heterocycles. The monoisotopic (exact) mass is 381 g/mol. The number of halogens is 2. The van der Waals surface area contributed by atoms with Gasteiger partial charge in [-0.05, 0) is 34.1 Å². The molecule has 8 heteroatoms. The Balaban J connectivity index is 2.13. The highest BCUT2D eigenvalue weighted by Crippen LogP contribution is 2.20. The zero-order chi connectivity index (χ0) is 16.1. The number of benzene rings is 2. The SMILES string of the molecule is O=C(N/N=C/c1cc([N+](=O)[O-])ccc1Cl)c1ccccc1Br. The van der Waals surface area contributed by atoms with Gasteiger partial charge in [-0.2, -0.15) is 5.10 Å². The number of nitrogens with zero attached hydrogens (tertiary/aromatic N) is 2. The maximum Gasteiger partial charge on any atom is 0.272 e. The van der Waals surface area contributed by atoms with Crippen LogP contribution in [0.4, 0.5) is 5.69 Å². The molecule has 1 amide bonds. The van der Waals surface area contributed by atoms with E-state index in [9.17, 15) is 14.9 Å². The van der Waals surface area contributed by atoms with Crippen molar-refractivity contribution in [2.75, 3.05) is 0 Å². The number of carbonyl (C=O) groups is 1. The molecule has 22 heavy (non-hydrogen) atoms. The molecule has 0 unspecified atom stereocenters. The molecule has 0 aliphatic heterocycles. The first-order valence-electron chi connectivity index (χ1n) is 6.01. The fourth-order valence-corrected chi connectivity index (χ4v) is 2.24. The van der Waals surface area contributed by atoms with Crippen LogP contribution in [-0.4, -0.2) is 17.0 Å². The van der Waals surface area contributed by atoms with Crippen LogP contribution in [0.3, 0.4) is 0 Å². The molecule has 0 spiro atoms. The molecule has 0 aromatic heterocycles. The molecular weight excluding hydrogens is 374 g/mol. The number of hydrogen-bond donors (Lipinski definition) is 1. The van der Waals surface area contributed by atoms with Crippen molar-refractivity contribution in [1.29, 1.82) is 0 Å². The molecule has 0 aliphatic rings. The van der Waals surface area contributed by atoms with Crippen molar-refractivity contribution in [3.8, 4) is 0 Å². The van der Waals surface area contributed by atoms with E-state index in [0.29, 0.717) is 20.6 Å². The topological polar surface area (TPSA) is 84.6 Å². The molecule has 0 fully saturated rings.